The number of benzene rings is 4. The minimum Gasteiger partial charge on any atom is -0.609 e. The van der Waals surface area contributed by atoms with E-state index >= 15 is 0 Å². The van der Waals surface area contributed by atoms with Crippen molar-refractivity contribution >= 4 is 147 Å². The van der Waals surface area contributed by atoms with Gasteiger partial charge in [0.2, 0.25) is 4.69 Å². The number of carbonyl (C=O) groups excluding carboxylic acids is 11. The van der Waals surface area contributed by atoms with Gasteiger partial charge in [-0.15, -0.1) is 0 Å². The van der Waals surface area contributed by atoms with Gasteiger partial charge in [-0.3, -0.25) is 62.3 Å². The average molecular weight is 1650 g/mol. The summed E-state index contributed by atoms with van der Waals surface area (Å²) in [5.74, 6) is -4.86. The molecule has 0 bridgehead atoms. The standard InChI is InChI=1S/3C15H20O3.C14H15BO4.C7H12O4.C4H7BrO.C4H8ClNO.C3H4Br2O/c3*1-11(13(3)16)9-12(2)15(17)18-10-14-7-5-4-6-8-14;1-8-4-6-11(7-5-8)15-12(9(2)13(16)18-15)10(3)14(17)19-15;1-4(6(8)9)3-5(2)7(10)11;1-3(5)4(2)6;1-3(6-5)4(2)7;1-2(4)3(5)6/h3*4-8,11-12H,9-10H2,1-3H3;4-7,9-10H,1-3H3;4-5H,3H2,1-2H3,(H,8,9)(H,10,11);3H,1-2H3;3,6H,1-2H3;2H,1H3/t11-,12?;2*11-,12+;9-,10+,15?;4-,5+;;3-;/m111...0./s1. The van der Waals surface area contributed by atoms with Crippen LogP contribution in [0.25, 0.3) is 0 Å². The second kappa shape index (κ2) is 51.9. The molecule has 2 fully saturated rings. The number of fused-ring (bicyclic) bond motifs is 1. The van der Waals surface area contributed by atoms with Crippen molar-refractivity contribution in [2.24, 2.45) is 59.2 Å². The van der Waals surface area contributed by atoms with Crippen LogP contribution in [0.5, 0.6) is 0 Å². The smallest absolute Gasteiger partial charge is 0.589 e. The number of aliphatic carboxylic acids is 2. The molecule has 21 nitrogen and oxygen atoms in total. The first-order valence-corrected chi connectivity index (χ1v) is 36.9. The van der Waals surface area contributed by atoms with Crippen LogP contribution < -0.4 is 10.3 Å². The summed E-state index contributed by atoms with van der Waals surface area (Å²) in [7, 11) is 0. The van der Waals surface area contributed by atoms with E-state index in [4.69, 9.17) is 45.5 Å². The van der Waals surface area contributed by atoms with E-state index in [9.17, 15) is 62.3 Å². The number of hydrogen-bond acceptors (Lipinski definition) is 19. The fourth-order valence-electron chi connectivity index (χ4n) is 8.94. The highest BCUT2D eigenvalue weighted by Gasteiger charge is 2.72. The molecular weight excluding hydrogens is 1540 g/mol. The van der Waals surface area contributed by atoms with Crippen molar-refractivity contribution in [3.63, 3.8) is 0 Å². The second-order valence-corrected chi connectivity index (χ2v) is 29.7. The first kappa shape index (κ1) is 97.9. The third-order valence-corrected chi connectivity index (χ3v) is 19.2. The minimum absolute atomic E-state index is 0.0116. The monoisotopic (exact) mass is 1650 g/mol. The molecule has 3 N–H and O–H groups in total. The lowest BCUT2D eigenvalue weighted by Crippen LogP contribution is -2.53. The summed E-state index contributed by atoms with van der Waals surface area (Å²) >= 11 is 14.0. The molecule has 2 heterocycles. The molecule has 0 aliphatic carbocycles. The van der Waals surface area contributed by atoms with Gasteiger partial charge in [0.1, 0.15) is 48.7 Å². The number of aryl methyl sites for hydroxylation is 1. The normalized spacial score (nSPS) is 17.5. The van der Waals surface area contributed by atoms with E-state index in [1.165, 1.54) is 20.8 Å². The zero-order chi connectivity index (χ0) is 79.6. The van der Waals surface area contributed by atoms with Gasteiger partial charge in [0, 0.05) is 23.6 Å². The van der Waals surface area contributed by atoms with Crippen molar-refractivity contribution in [3.8, 4) is 0 Å². The van der Waals surface area contributed by atoms with Crippen LogP contribution in [0.3, 0.4) is 0 Å². The van der Waals surface area contributed by atoms with E-state index in [1.54, 1.807) is 76.2 Å². The number of esters is 3. The zero-order valence-corrected chi connectivity index (χ0v) is 68.3. The second-order valence-electron chi connectivity index (χ2n) is 26.0. The molecule has 6 rings (SSSR count). The molecular formula is C77H106BBr3ClNO20. The summed E-state index contributed by atoms with van der Waals surface area (Å²) in [5.41, 5.74) is 4.77. The van der Waals surface area contributed by atoms with Crippen molar-refractivity contribution in [3.05, 3.63) is 143 Å². The fraction of sp³-hybridized carbons (Fsp3) is 0.506. The van der Waals surface area contributed by atoms with Crippen molar-refractivity contribution in [2.75, 3.05) is 0 Å². The first-order valence-electron chi connectivity index (χ1n) is 33.9. The Hall–Kier alpha value is -7.19. The molecule has 570 valence electrons. The summed E-state index contributed by atoms with van der Waals surface area (Å²) in [6.45, 7) is 31.2. The molecule has 4 aromatic carbocycles. The fourth-order valence-corrected chi connectivity index (χ4v) is 9.10. The summed E-state index contributed by atoms with van der Waals surface area (Å²) < 4.78 is 26.6. The maximum Gasteiger partial charge on any atom is 0.589 e. The molecule has 0 spiro atoms. The number of ether oxygens (including phenoxy) is 3. The number of ketones is 5. The Balaban J connectivity index is 0. The topological polar surface area (TPSA) is 321 Å². The van der Waals surface area contributed by atoms with E-state index in [1.807, 2.05) is 150 Å². The third-order valence-electron chi connectivity index (χ3n) is 16.5. The van der Waals surface area contributed by atoms with Crippen LogP contribution in [0.1, 0.15) is 173 Å². The van der Waals surface area contributed by atoms with E-state index in [0.717, 1.165) is 33.5 Å². The number of rotatable bonds is 27. The average Bonchev–Trinajstić information content (AvgIpc) is 1.56. The van der Waals surface area contributed by atoms with Gasteiger partial charge in [-0.1, -0.05) is 214 Å². The predicted octanol–water partition coefficient (Wildman–Crippen LogP) is 14.7. The molecule has 4 aromatic rings. The van der Waals surface area contributed by atoms with Crippen LogP contribution in [0.2, 0.25) is 0 Å². The largest absolute Gasteiger partial charge is 0.609 e. The van der Waals surface area contributed by atoms with Crippen LogP contribution >= 0.6 is 59.6 Å². The highest BCUT2D eigenvalue weighted by atomic mass is 79.9. The molecule has 26 heteroatoms. The highest BCUT2D eigenvalue weighted by Crippen LogP contribution is 2.47. The van der Waals surface area contributed by atoms with Crippen LogP contribution in [0.15, 0.2) is 115 Å². The molecule has 14 atom stereocenters. The number of hydrogen-bond donors (Lipinski definition) is 3. The van der Waals surface area contributed by atoms with Gasteiger partial charge in [-0.2, -0.15) is 0 Å². The first-order chi connectivity index (χ1) is 47.9. The molecule has 2 aliphatic rings. The van der Waals surface area contributed by atoms with Crippen molar-refractivity contribution in [2.45, 2.75) is 193 Å². The number of carbonyl (C=O) groups is 13. The summed E-state index contributed by atoms with van der Waals surface area (Å²) in [6.07, 6.45) is 1.82. The molecule has 0 amide bonds. The number of nitrogens with one attached hydrogen (secondary N) is 1. The Kier molecular flexibility index (Phi) is 49.3. The Morgan fingerprint density at radius 2 is 0.718 bits per heavy atom. The van der Waals surface area contributed by atoms with Gasteiger partial charge in [-0.25, -0.2) is 4.84 Å². The number of halogens is 4. The summed E-state index contributed by atoms with van der Waals surface area (Å²) in [6, 6.07) is 36.0. The maximum atomic E-state index is 11.9. The predicted molar refractivity (Wildman–Crippen MR) is 409 cm³/mol. The molecule has 103 heavy (non-hydrogen) atoms. The Bertz CT molecular complexity index is 3060. The lowest BCUT2D eigenvalue weighted by Gasteiger charge is -2.25. The van der Waals surface area contributed by atoms with Gasteiger partial charge in [0.15, 0.2) is 11.8 Å². The number of alkyl halides is 2. The van der Waals surface area contributed by atoms with E-state index in [0.29, 0.717) is 39.1 Å². The summed E-state index contributed by atoms with van der Waals surface area (Å²) in [4.78, 5) is 145. The Morgan fingerprint density at radius 3 is 0.922 bits per heavy atom. The zero-order valence-electron chi connectivity index (χ0n) is 62.8. The van der Waals surface area contributed by atoms with Crippen molar-refractivity contribution < 1.29 is 96.1 Å². The van der Waals surface area contributed by atoms with E-state index < -0.39 is 30.3 Å². The van der Waals surface area contributed by atoms with Crippen LogP contribution in [0, 0.1) is 71.9 Å². The third kappa shape index (κ3) is 40.6. The highest BCUT2D eigenvalue weighted by molar-refractivity contribution is 9.20. The Morgan fingerprint density at radius 1 is 0.456 bits per heavy atom. The lowest BCUT2D eigenvalue weighted by atomic mass is 9.41. The quantitative estimate of drug-likeness (QED) is 0.00949. The number of carboxylic acids is 2. The number of carboxylic acid groups (broad SMARTS) is 2. The van der Waals surface area contributed by atoms with Crippen LogP contribution in [0.4, 0.5) is 0 Å². The minimum atomic E-state index is -2.08. The van der Waals surface area contributed by atoms with Crippen LogP contribution in [-0.4, -0.2) is 108 Å². The number of Topliss-reactive ketones (excluding diaryl/α,β-unsaturated/α-hetero) is 5. The maximum absolute atomic E-state index is 11.9. The molecule has 0 aromatic heterocycles. The van der Waals surface area contributed by atoms with Gasteiger partial charge in [0.05, 0.1) is 45.3 Å². The Labute approximate surface area is 639 Å². The van der Waals surface area contributed by atoms with Crippen molar-refractivity contribution in [1.29, 1.82) is 0 Å². The van der Waals surface area contributed by atoms with Gasteiger partial charge >= 0.3 is 48.3 Å². The SMILES string of the molecule is CC(=O)C(C)Br.CC(=O)[C@H](C)CC(C)C(=O)OCc1ccccc1.CC(=O)[C@H](C)C[C@H](C)C(=O)OCc1ccccc1.CC(=O)[C@H](C)C[C@H](C)C(=O)OCc1ccccc1.CC(=O)[C@H](C)NCl.CC(Br)C(=O)Br.C[C@H](C[C@H](C)C(=O)O)C(=O)O.Cc1ccc([B-]23OC(=O)[C@@H](C)[C+]2[C@@H](C)C(=O)O3)cc1. The summed E-state index contributed by atoms with van der Waals surface area (Å²) in [5, 5.41) is 16.8. The van der Waals surface area contributed by atoms with E-state index in [2.05, 4.69) is 52.6 Å². The molecule has 2 aliphatic heterocycles. The van der Waals surface area contributed by atoms with E-state index in [-0.39, 0.29) is 133 Å². The van der Waals surface area contributed by atoms with Crippen molar-refractivity contribution in [1.82, 2.24) is 4.84 Å². The molecule has 2 saturated heterocycles. The van der Waals surface area contributed by atoms with Gasteiger partial charge in [-0.05, 0) is 146 Å². The molecule has 0 saturated carbocycles. The molecule has 0 radical (unpaired) electrons. The lowest BCUT2D eigenvalue weighted by molar-refractivity contribution is -0.151. The molecule has 4 unspecified atom stereocenters. The van der Waals surface area contributed by atoms with Gasteiger partial charge < -0.3 is 33.7 Å². The van der Waals surface area contributed by atoms with Crippen LogP contribution in [-0.2, 0) is 106 Å². The van der Waals surface area contributed by atoms with Gasteiger partial charge in [0.25, 0.3) is 0 Å².